The number of amides is 1. The van der Waals surface area contributed by atoms with Gasteiger partial charge in [0.05, 0.1) is 19.3 Å². The lowest BCUT2D eigenvalue weighted by atomic mass is 10.0. The SMILES string of the molecule is CCCCCCCCCCCCC/C=C/[C@@H](C)[C@H](COP(=O)(O)OCCC)NC(=O)CCCCCCCCCCCCCCC. The van der Waals surface area contributed by atoms with Crippen LogP contribution in [0.5, 0.6) is 0 Å². The maximum atomic E-state index is 12.8. The third-order valence-corrected chi connectivity index (χ3v) is 9.76. The number of rotatable bonds is 35. The van der Waals surface area contributed by atoms with Crippen LogP contribution in [0.25, 0.3) is 0 Å². The minimum Gasteiger partial charge on any atom is -0.350 e. The van der Waals surface area contributed by atoms with Gasteiger partial charge in [0.1, 0.15) is 0 Å². The highest BCUT2D eigenvalue weighted by atomic mass is 31.2. The van der Waals surface area contributed by atoms with Gasteiger partial charge >= 0.3 is 7.82 Å². The molecule has 45 heavy (non-hydrogen) atoms. The first-order chi connectivity index (χ1) is 21.9. The highest BCUT2D eigenvalue weighted by Crippen LogP contribution is 2.43. The molecule has 0 spiro atoms. The summed E-state index contributed by atoms with van der Waals surface area (Å²) in [5.74, 6) is -0.0287. The number of carbonyl (C=O) groups is 1. The second-order valence-electron chi connectivity index (χ2n) is 13.4. The van der Waals surface area contributed by atoms with Crippen molar-refractivity contribution in [1.29, 1.82) is 0 Å². The van der Waals surface area contributed by atoms with E-state index in [4.69, 9.17) is 9.05 Å². The zero-order valence-electron chi connectivity index (χ0n) is 30.3. The lowest BCUT2D eigenvalue weighted by molar-refractivity contribution is -0.122. The number of phosphoric ester groups is 1. The number of hydrogen-bond donors (Lipinski definition) is 2. The van der Waals surface area contributed by atoms with Crippen molar-refractivity contribution in [2.75, 3.05) is 13.2 Å². The lowest BCUT2D eigenvalue weighted by Gasteiger charge is -2.24. The maximum absolute atomic E-state index is 12.8. The summed E-state index contributed by atoms with van der Waals surface area (Å²) in [6, 6.07) is -0.376. The van der Waals surface area contributed by atoms with E-state index in [1.54, 1.807) is 0 Å². The predicted octanol–water partition coefficient (Wildman–Crippen LogP) is 12.4. The van der Waals surface area contributed by atoms with Crippen molar-refractivity contribution < 1.29 is 23.3 Å². The molecule has 0 aromatic rings. The topological polar surface area (TPSA) is 84.9 Å². The Hall–Kier alpha value is -0.680. The van der Waals surface area contributed by atoms with Gasteiger partial charge < -0.3 is 10.2 Å². The van der Waals surface area contributed by atoms with Crippen LogP contribution in [0.3, 0.4) is 0 Å². The zero-order valence-corrected chi connectivity index (χ0v) is 31.2. The first-order valence-electron chi connectivity index (χ1n) is 19.4. The Balaban J connectivity index is 4.31. The molecule has 0 aliphatic heterocycles. The van der Waals surface area contributed by atoms with E-state index < -0.39 is 7.82 Å². The van der Waals surface area contributed by atoms with Gasteiger partial charge in [0.2, 0.25) is 5.91 Å². The molecule has 6 nitrogen and oxygen atoms in total. The van der Waals surface area contributed by atoms with Gasteiger partial charge in [0.25, 0.3) is 0 Å². The van der Waals surface area contributed by atoms with Gasteiger partial charge in [0, 0.05) is 6.42 Å². The molecule has 268 valence electrons. The third kappa shape index (κ3) is 31.7. The molecule has 2 N–H and O–H groups in total. The van der Waals surface area contributed by atoms with Crippen LogP contribution in [-0.4, -0.2) is 30.1 Å². The molecule has 0 rings (SSSR count). The van der Waals surface area contributed by atoms with Gasteiger partial charge in [-0.3, -0.25) is 13.8 Å². The smallest absolute Gasteiger partial charge is 0.350 e. The molecule has 0 radical (unpaired) electrons. The fourth-order valence-corrected chi connectivity index (χ4v) is 6.53. The van der Waals surface area contributed by atoms with Gasteiger partial charge in [-0.1, -0.05) is 181 Å². The Kier molecular flexibility index (Phi) is 32.7. The fraction of sp³-hybridized carbons (Fsp3) is 0.921. The quantitative estimate of drug-likeness (QED) is 0.0402. The molecule has 3 atom stereocenters. The van der Waals surface area contributed by atoms with Crippen LogP contribution in [0.4, 0.5) is 0 Å². The summed E-state index contributed by atoms with van der Waals surface area (Å²) < 4.78 is 22.6. The van der Waals surface area contributed by atoms with Crippen LogP contribution in [0.15, 0.2) is 12.2 Å². The fourth-order valence-electron chi connectivity index (χ4n) is 5.70. The van der Waals surface area contributed by atoms with Crippen LogP contribution in [0, 0.1) is 5.92 Å². The van der Waals surface area contributed by atoms with E-state index in [0.717, 1.165) is 19.3 Å². The van der Waals surface area contributed by atoms with E-state index >= 15 is 0 Å². The van der Waals surface area contributed by atoms with E-state index in [0.29, 0.717) is 12.8 Å². The molecule has 0 aliphatic carbocycles. The molecule has 1 unspecified atom stereocenters. The molecule has 0 aromatic heterocycles. The molecular formula is C38H76NO5P. The first kappa shape index (κ1) is 44.3. The van der Waals surface area contributed by atoms with Crippen LogP contribution < -0.4 is 5.32 Å². The Bertz CT molecular complexity index is 716. The molecule has 0 saturated heterocycles. The molecule has 0 aliphatic rings. The summed E-state index contributed by atoms with van der Waals surface area (Å²) in [5, 5.41) is 3.08. The van der Waals surface area contributed by atoms with Gasteiger partial charge in [-0.25, -0.2) is 4.57 Å². The third-order valence-electron chi connectivity index (χ3n) is 8.78. The monoisotopic (exact) mass is 658 g/mol. The summed E-state index contributed by atoms with van der Waals surface area (Å²) in [7, 11) is -4.13. The average Bonchev–Trinajstić information content (AvgIpc) is 3.02. The molecule has 0 heterocycles. The highest BCUT2D eigenvalue weighted by Gasteiger charge is 2.26. The number of allylic oxidation sites excluding steroid dienone is 1. The number of phosphoric acid groups is 1. The van der Waals surface area contributed by atoms with Crippen molar-refractivity contribution >= 4 is 13.7 Å². The van der Waals surface area contributed by atoms with E-state index in [1.165, 1.54) is 141 Å². The first-order valence-corrected chi connectivity index (χ1v) is 20.9. The maximum Gasteiger partial charge on any atom is 0.472 e. The summed E-state index contributed by atoms with van der Waals surface area (Å²) in [5.41, 5.74) is 0. The number of hydrogen-bond acceptors (Lipinski definition) is 4. The van der Waals surface area contributed by atoms with E-state index in [-0.39, 0.29) is 31.1 Å². The number of unbranched alkanes of at least 4 members (excludes halogenated alkanes) is 23. The minimum absolute atomic E-state index is 0.0143. The Morgan fingerprint density at radius 3 is 1.51 bits per heavy atom. The summed E-state index contributed by atoms with van der Waals surface area (Å²) >= 11 is 0. The molecule has 0 bridgehead atoms. The lowest BCUT2D eigenvalue weighted by Crippen LogP contribution is -2.42. The second-order valence-corrected chi connectivity index (χ2v) is 14.8. The van der Waals surface area contributed by atoms with Crippen molar-refractivity contribution in [2.45, 2.75) is 207 Å². The van der Waals surface area contributed by atoms with Crippen molar-refractivity contribution in [2.24, 2.45) is 5.92 Å². The predicted molar refractivity (Wildman–Crippen MR) is 194 cm³/mol. The van der Waals surface area contributed by atoms with Crippen molar-refractivity contribution in [1.82, 2.24) is 5.32 Å². The Morgan fingerprint density at radius 1 is 0.644 bits per heavy atom. The normalized spacial score (nSPS) is 14.5. The largest absolute Gasteiger partial charge is 0.472 e. The number of carbonyl (C=O) groups excluding carboxylic acids is 1. The van der Waals surface area contributed by atoms with E-state index in [9.17, 15) is 14.3 Å². The van der Waals surface area contributed by atoms with Crippen LogP contribution in [-0.2, 0) is 18.4 Å². The van der Waals surface area contributed by atoms with Gasteiger partial charge in [-0.2, -0.15) is 0 Å². The van der Waals surface area contributed by atoms with Gasteiger partial charge in [-0.15, -0.1) is 0 Å². The van der Waals surface area contributed by atoms with Crippen LogP contribution in [0.2, 0.25) is 0 Å². The summed E-state index contributed by atoms with van der Waals surface area (Å²) in [6.07, 6.45) is 37.7. The summed E-state index contributed by atoms with van der Waals surface area (Å²) in [6.45, 7) is 8.56. The zero-order chi connectivity index (χ0) is 33.3. The number of nitrogens with one attached hydrogen (secondary N) is 1. The molecular weight excluding hydrogens is 581 g/mol. The van der Waals surface area contributed by atoms with Crippen molar-refractivity contribution in [3.05, 3.63) is 12.2 Å². The molecule has 7 heteroatoms. The Morgan fingerprint density at radius 2 is 1.07 bits per heavy atom. The second kappa shape index (κ2) is 33.2. The molecule has 0 fully saturated rings. The highest BCUT2D eigenvalue weighted by molar-refractivity contribution is 7.47. The van der Waals surface area contributed by atoms with Crippen LogP contribution in [0.1, 0.15) is 201 Å². The van der Waals surface area contributed by atoms with E-state index in [2.05, 4.69) is 31.3 Å². The standard InChI is InChI=1S/C38H76NO5P/c1-5-8-10-12-14-16-18-20-22-24-26-28-30-32-36(4)37(35-44-45(41,42)43-34-7-3)39-38(40)33-31-29-27-25-23-21-19-17-15-13-11-9-6-2/h30,32,36-37H,5-29,31,33-35H2,1-4H3,(H,39,40)(H,41,42)/b32-30+/t36-,37+/m1/s1. The Labute approximate surface area is 280 Å². The van der Waals surface area contributed by atoms with Crippen molar-refractivity contribution in [3.63, 3.8) is 0 Å². The van der Waals surface area contributed by atoms with Gasteiger partial charge in [-0.05, 0) is 31.6 Å². The molecule has 0 aromatic carbocycles. The van der Waals surface area contributed by atoms with Gasteiger partial charge in [0.15, 0.2) is 0 Å². The minimum atomic E-state index is -4.13. The molecule has 1 amide bonds. The molecule has 0 saturated carbocycles. The van der Waals surface area contributed by atoms with Crippen LogP contribution >= 0.6 is 7.82 Å². The average molecular weight is 658 g/mol. The summed E-state index contributed by atoms with van der Waals surface area (Å²) in [4.78, 5) is 22.8. The van der Waals surface area contributed by atoms with E-state index in [1.807, 2.05) is 13.8 Å². The van der Waals surface area contributed by atoms with Crippen molar-refractivity contribution in [3.8, 4) is 0 Å².